The highest BCUT2D eigenvalue weighted by Gasteiger charge is 2.05. The molecule has 0 heterocycles. The second kappa shape index (κ2) is 11.4. The molecular formula is C14H21BrIN3S. The van der Waals surface area contributed by atoms with Crippen molar-refractivity contribution in [3.63, 3.8) is 0 Å². The van der Waals surface area contributed by atoms with Crippen LogP contribution in [0, 0.1) is 0 Å². The van der Waals surface area contributed by atoms with Crippen molar-refractivity contribution < 1.29 is 0 Å². The number of nitrogens with one attached hydrogen (secondary N) is 2. The van der Waals surface area contributed by atoms with Crippen LogP contribution in [0.15, 0.2) is 51.3 Å². The van der Waals surface area contributed by atoms with E-state index in [4.69, 9.17) is 0 Å². The smallest absolute Gasteiger partial charge is 0.191 e. The number of hydrogen-bond acceptors (Lipinski definition) is 2. The second-order valence-electron chi connectivity index (χ2n) is 4.01. The fraction of sp³-hybridized carbons (Fsp3) is 0.357. The predicted molar refractivity (Wildman–Crippen MR) is 104 cm³/mol. The van der Waals surface area contributed by atoms with E-state index in [1.54, 1.807) is 7.05 Å². The number of halogens is 2. The Kier molecular flexibility index (Phi) is 11.3. The average molecular weight is 470 g/mol. The van der Waals surface area contributed by atoms with Crippen LogP contribution in [0.25, 0.3) is 0 Å². The average Bonchev–Trinajstić information content (AvgIpc) is 2.42. The molecule has 0 aromatic heterocycles. The molecule has 0 radical (unpaired) electrons. The molecule has 0 aliphatic carbocycles. The van der Waals surface area contributed by atoms with E-state index in [1.807, 2.05) is 17.8 Å². The van der Waals surface area contributed by atoms with Gasteiger partial charge in [-0.3, -0.25) is 4.99 Å². The Bertz CT molecular complexity index is 423. The quantitative estimate of drug-likeness (QED) is 0.218. The fourth-order valence-electron chi connectivity index (χ4n) is 1.42. The molecule has 112 valence electrons. The minimum Gasteiger partial charge on any atom is -0.355 e. The van der Waals surface area contributed by atoms with Crippen LogP contribution >= 0.6 is 51.7 Å². The van der Waals surface area contributed by atoms with Gasteiger partial charge in [0.05, 0.1) is 0 Å². The first kappa shape index (κ1) is 19.8. The molecule has 1 aromatic carbocycles. The zero-order valence-electron chi connectivity index (χ0n) is 11.7. The molecule has 1 aromatic rings. The molecule has 1 unspecified atom stereocenters. The molecule has 0 saturated heterocycles. The Labute approximate surface area is 151 Å². The van der Waals surface area contributed by atoms with Crippen molar-refractivity contribution in [2.45, 2.75) is 17.1 Å². The van der Waals surface area contributed by atoms with E-state index in [1.165, 1.54) is 4.90 Å². The molecule has 0 amide bonds. The number of rotatable bonds is 6. The van der Waals surface area contributed by atoms with E-state index in [-0.39, 0.29) is 24.0 Å². The van der Waals surface area contributed by atoms with E-state index in [2.05, 4.69) is 69.3 Å². The van der Waals surface area contributed by atoms with Crippen LogP contribution in [0.3, 0.4) is 0 Å². The molecular weight excluding hydrogens is 449 g/mol. The number of aliphatic imine (C=N–C) groups is 1. The van der Waals surface area contributed by atoms with Crippen LogP contribution in [0.2, 0.25) is 0 Å². The third-order valence-electron chi connectivity index (χ3n) is 2.35. The number of benzene rings is 1. The summed E-state index contributed by atoms with van der Waals surface area (Å²) in [4.78, 5) is 5.42. The lowest BCUT2D eigenvalue weighted by Crippen LogP contribution is -2.39. The Morgan fingerprint density at radius 3 is 2.60 bits per heavy atom. The van der Waals surface area contributed by atoms with Gasteiger partial charge in [0, 0.05) is 34.8 Å². The van der Waals surface area contributed by atoms with Gasteiger partial charge in [0.25, 0.3) is 0 Å². The first-order valence-corrected chi connectivity index (χ1v) is 7.80. The van der Waals surface area contributed by atoms with Crippen molar-refractivity contribution in [3.8, 4) is 0 Å². The monoisotopic (exact) mass is 469 g/mol. The van der Waals surface area contributed by atoms with E-state index in [0.29, 0.717) is 11.8 Å². The van der Waals surface area contributed by atoms with Crippen LogP contribution in [0.1, 0.15) is 6.92 Å². The van der Waals surface area contributed by atoms with Gasteiger partial charge in [-0.1, -0.05) is 28.9 Å². The van der Waals surface area contributed by atoms with Gasteiger partial charge in [-0.15, -0.1) is 42.3 Å². The highest BCUT2D eigenvalue weighted by Crippen LogP contribution is 2.24. The van der Waals surface area contributed by atoms with Gasteiger partial charge in [0.2, 0.25) is 0 Å². The minimum atomic E-state index is 0. The van der Waals surface area contributed by atoms with Gasteiger partial charge >= 0.3 is 0 Å². The largest absolute Gasteiger partial charge is 0.355 e. The van der Waals surface area contributed by atoms with Crippen molar-refractivity contribution in [3.05, 3.63) is 41.4 Å². The van der Waals surface area contributed by atoms with Crippen molar-refractivity contribution in [1.29, 1.82) is 0 Å². The SMILES string of the molecule is C=CCNC(=NC)NCC(C)Sc1ccc(Br)cc1.I. The van der Waals surface area contributed by atoms with Crippen LogP contribution in [-0.4, -0.2) is 31.3 Å². The van der Waals surface area contributed by atoms with Crippen molar-refractivity contribution >= 4 is 57.6 Å². The number of hydrogen-bond donors (Lipinski definition) is 2. The molecule has 6 heteroatoms. The molecule has 0 fully saturated rings. The summed E-state index contributed by atoms with van der Waals surface area (Å²) in [6.45, 7) is 7.44. The topological polar surface area (TPSA) is 36.4 Å². The molecule has 20 heavy (non-hydrogen) atoms. The van der Waals surface area contributed by atoms with Crippen molar-refractivity contribution in [1.82, 2.24) is 10.6 Å². The summed E-state index contributed by atoms with van der Waals surface area (Å²) in [6, 6.07) is 8.37. The highest BCUT2D eigenvalue weighted by atomic mass is 127. The zero-order chi connectivity index (χ0) is 14.1. The van der Waals surface area contributed by atoms with Crippen LogP contribution < -0.4 is 10.6 Å². The van der Waals surface area contributed by atoms with Gasteiger partial charge in [0.15, 0.2) is 5.96 Å². The number of thioether (sulfide) groups is 1. The van der Waals surface area contributed by atoms with E-state index in [9.17, 15) is 0 Å². The molecule has 0 spiro atoms. The summed E-state index contributed by atoms with van der Waals surface area (Å²) in [5.41, 5.74) is 0. The standard InChI is InChI=1S/C14H20BrN3S.HI/c1-4-9-17-14(16-3)18-10-11(2)19-13-7-5-12(15)6-8-13;/h4-8,11H,1,9-10H2,2-3H3,(H2,16,17,18);1H. The van der Waals surface area contributed by atoms with E-state index < -0.39 is 0 Å². The maximum Gasteiger partial charge on any atom is 0.191 e. The summed E-state index contributed by atoms with van der Waals surface area (Å²) in [5, 5.41) is 6.91. The van der Waals surface area contributed by atoms with E-state index in [0.717, 1.165) is 17.0 Å². The second-order valence-corrected chi connectivity index (χ2v) is 6.43. The van der Waals surface area contributed by atoms with Gasteiger partial charge in [0.1, 0.15) is 0 Å². The summed E-state index contributed by atoms with van der Waals surface area (Å²) in [6.07, 6.45) is 1.81. The Morgan fingerprint density at radius 2 is 2.05 bits per heavy atom. The lowest BCUT2D eigenvalue weighted by atomic mass is 10.4. The summed E-state index contributed by atoms with van der Waals surface area (Å²) >= 11 is 5.28. The fourth-order valence-corrected chi connectivity index (χ4v) is 2.61. The van der Waals surface area contributed by atoms with Crippen molar-refractivity contribution in [2.24, 2.45) is 4.99 Å². The van der Waals surface area contributed by atoms with Gasteiger partial charge in [-0.25, -0.2) is 0 Å². The van der Waals surface area contributed by atoms with Crippen LogP contribution in [-0.2, 0) is 0 Å². The van der Waals surface area contributed by atoms with Gasteiger partial charge < -0.3 is 10.6 Å². The maximum atomic E-state index is 4.15. The Hall–Kier alpha value is -0.210. The summed E-state index contributed by atoms with van der Waals surface area (Å²) in [5.74, 6) is 0.808. The molecule has 2 N–H and O–H groups in total. The first-order chi connectivity index (χ1) is 9.15. The maximum absolute atomic E-state index is 4.15. The highest BCUT2D eigenvalue weighted by molar-refractivity contribution is 14.0. The first-order valence-electron chi connectivity index (χ1n) is 6.13. The normalized spacial score (nSPS) is 12.2. The lowest BCUT2D eigenvalue weighted by Gasteiger charge is -2.15. The van der Waals surface area contributed by atoms with Crippen molar-refractivity contribution in [2.75, 3.05) is 20.1 Å². The zero-order valence-corrected chi connectivity index (χ0v) is 16.5. The number of nitrogens with zero attached hydrogens (tertiary/aromatic N) is 1. The van der Waals surface area contributed by atoms with Gasteiger partial charge in [-0.2, -0.15) is 0 Å². The molecule has 1 rings (SSSR count). The van der Waals surface area contributed by atoms with Crippen LogP contribution in [0.5, 0.6) is 0 Å². The molecule has 0 aliphatic rings. The lowest BCUT2D eigenvalue weighted by molar-refractivity contribution is 0.815. The summed E-state index contributed by atoms with van der Waals surface area (Å²) < 4.78 is 1.11. The molecule has 0 saturated carbocycles. The molecule has 0 bridgehead atoms. The van der Waals surface area contributed by atoms with Gasteiger partial charge in [-0.05, 0) is 24.3 Å². The third kappa shape index (κ3) is 8.16. The minimum absolute atomic E-state index is 0. The predicted octanol–water partition coefficient (Wildman–Crippen LogP) is 3.90. The molecule has 1 atom stereocenters. The third-order valence-corrected chi connectivity index (χ3v) is 3.99. The van der Waals surface area contributed by atoms with Crippen LogP contribution in [0.4, 0.5) is 0 Å². The Morgan fingerprint density at radius 1 is 1.40 bits per heavy atom. The Balaban J connectivity index is 0.00000361. The van der Waals surface area contributed by atoms with E-state index >= 15 is 0 Å². The molecule has 3 nitrogen and oxygen atoms in total. The number of guanidine groups is 1. The summed E-state index contributed by atoms with van der Waals surface area (Å²) in [7, 11) is 1.77. The molecule has 0 aliphatic heterocycles.